The number of carbonyl (C=O) groups excluding carboxylic acids is 1. The largest absolute Gasteiger partial charge is 0.366 e. The fourth-order valence-electron chi connectivity index (χ4n) is 1.32. The summed E-state index contributed by atoms with van der Waals surface area (Å²) in [7, 11) is 0. The van der Waals surface area contributed by atoms with Gasteiger partial charge in [-0.3, -0.25) is 9.78 Å². The average Bonchev–Trinajstić information content (AvgIpc) is 2.31. The summed E-state index contributed by atoms with van der Waals surface area (Å²) in [4.78, 5) is 15.1. The SMILES string of the molecule is CC.NC(=O)c1cccc2ncccc12. The van der Waals surface area contributed by atoms with Crippen molar-refractivity contribution in [3.63, 3.8) is 0 Å². The number of pyridine rings is 1. The van der Waals surface area contributed by atoms with Crippen LogP contribution < -0.4 is 5.73 Å². The molecule has 0 unspecified atom stereocenters. The molecule has 3 heteroatoms. The Morgan fingerprint density at radius 3 is 2.60 bits per heavy atom. The number of hydrogen-bond donors (Lipinski definition) is 1. The number of nitrogens with two attached hydrogens (primary N) is 1. The van der Waals surface area contributed by atoms with Crippen molar-refractivity contribution >= 4 is 16.8 Å². The van der Waals surface area contributed by atoms with Gasteiger partial charge in [0.2, 0.25) is 5.91 Å². The molecule has 0 bridgehead atoms. The lowest BCUT2D eigenvalue weighted by Gasteiger charge is -2.00. The lowest BCUT2D eigenvalue weighted by molar-refractivity contribution is 0.100. The van der Waals surface area contributed by atoms with E-state index in [1.54, 1.807) is 24.4 Å². The molecule has 2 N–H and O–H groups in total. The third-order valence-corrected chi connectivity index (χ3v) is 1.91. The molecule has 0 atom stereocenters. The zero-order valence-corrected chi connectivity index (χ0v) is 8.90. The number of amides is 1. The first-order valence-corrected chi connectivity index (χ1v) is 4.92. The average molecular weight is 202 g/mol. The summed E-state index contributed by atoms with van der Waals surface area (Å²) in [5, 5.41) is 0.803. The zero-order valence-electron chi connectivity index (χ0n) is 8.90. The van der Waals surface area contributed by atoms with E-state index in [4.69, 9.17) is 5.73 Å². The van der Waals surface area contributed by atoms with Crippen molar-refractivity contribution < 1.29 is 4.79 Å². The second kappa shape index (κ2) is 5.10. The first kappa shape index (κ1) is 11.2. The first-order chi connectivity index (χ1) is 7.29. The standard InChI is InChI=1S/C10H8N2O.C2H6/c11-10(13)8-3-1-5-9-7(8)4-2-6-12-9;1-2/h1-6H,(H2,11,13);1-2H3. The van der Waals surface area contributed by atoms with Crippen LogP contribution >= 0.6 is 0 Å². The van der Waals surface area contributed by atoms with E-state index in [0.717, 1.165) is 10.9 Å². The Balaban J connectivity index is 0.000000531. The van der Waals surface area contributed by atoms with Crippen molar-refractivity contribution in [2.45, 2.75) is 13.8 Å². The van der Waals surface area contributed by atoms with Gasteiger partial charge in [-0.1, -0.05) is 26.0 Å². The van der Waals surface area contributed by atoms with Crippen LogP contribution in [0.25, 0.3) is 10.9 Å². The molecule has 1 amide bonds. The molecular weight excluding hydrogens is 188 g/mol. The molecule has 3 nitrogen and oxygen atoms in total. The second-order valence-electron chi connectivity index (χ2n) is 2.74. The lowest BCUT2D eigenvalue weighted by Crippen LogP contribution is -2.11. The molecule has 0 saturated heterocycles. The van der Waals surface area contributed by atoms with Gasteiger partial charge in [0.1, 0.15) is 0 Å². The summed E-state index contributed by atoms with van der Waals surface area (Å²) >= 11 is 0. The maximum absolute atomic E-state index is 11.0. The number of nitrogens with zero attached hydrogens (tertiary/aromatic N) is 1. The maximum atomic E-state index is 11.0. The monoisotopic (exact) mass is 202 g/mol. The highest BCUT2D eigenvalue weighted by molar-refractivity contribution is 6.05. The summed E-state index contributed by atoms with van der Waals surface area (Å²) in [5.74, 6) is -0.418. The van der Waals surface area contributed by atoms with Gasteiger partial charge in [-0.25, -0.2) is 0 Å². The van der Waals surface area contributed by atoms with Crippen molar-refractivity contribution in [2.75, 3.05) is 0 Å². The van der Waals surface area contributed by atoms with E-state index in [9.17, 15) is 4.79 Å². The molecule has 0 aliphatic heterocycles. The number of primary amides is 1. The molecule has 0 saturated carbocycles. The van der Waals surface area contributed by atoms with E-state index in [-0.39, 0.29) is 0 Å². The maximum Gasteiger partial charge on any atom is 0.249 e. The molecule has 1 aromatic carbocycles. The Labute approximate surface area is 88.9 Å². The van der Waals surface area contributed by atoms with E-state index in [0.29, 0.717) is 5.56 Å². The molecule has 0 spiro atoms. The second-order valence-corrected chi connectivity index (χ2v) is 2.74. The Morgan fingerprint density at radius 2 is 1.93 bits per heavy atom. The van der Waals surface area contributed by atoms with Crippen molar-refractivity contribution in [2.24, 2.45) is 5.73 Å². The molecule has 2 aromatic rings. The van der Waals surface area contributed by atoms with Gasteiger partial charge in [-0.05, 0) is 18.2 Å². The highest BCUT2D eigenvalue weighted by Crippen LogP contribution is 2.15. The molecule has 2 rings (SSSR count). The normalized spacial score (nSPS) is 9.20. The van der Waals surface area contributed by atoms with E-state index in [1.807, 2.05) is 26.0 Å². The molecular formula is C12H14N2O. The predicted octanol–water partition coefficient (Wildman–Crippen LogP) is 2.36. The third kappa shape index (κ3) is 2.31. The van der Waals surface area contributed by atoms with Crippen LogP contribution in [-0.4, -0.2) is 10.9 Å². The van der Waals surface area contributed by atoms with Crippen LogP contribution in [0, 0.1) is 0 Å². The lowest BCUT2D eigenvalue weighted by atomic mass is 10.1. The van der Waals surface area contributed by atoms with Crippen LogP contribution in [0.3, 0.4) is 0 Å². The van der Waals surface area contributed by atoms with Crippen LogP contribution in [0.4, 0.5) is 0 Å². The molecule has 0 aliphatic rings. The van der Waals surface area contributed by atoms with Crippen molar-refractivity contribution in [1.82, 2.24) is 4.98 Å². The fourth-order valence-corrected chi connectivity index (χ4v) is 1.32. The Kier molecular flexibility index (Phi) is 3.80. The topological polar surface area (TPSA) is 56.0 Å². The van der Waals surface area contributed by atoms with Crippen LogP contribution in [0.1, 0.15) is 24.2 Å². The fraction of sp³-hybridized carbons (Fsp3) is 0.167. The predicted molar refractivity (Wildman–Crippen MR) is 61.6 cm³/mol. The summed E-state index contributed by atoms with van der Waals surface area (Å²) in [6.07, 6.45) is 1.69. The summed E-state index contributed by atoms with van der Waals surface area (Å²) in [5.41, 5.74) is 6.52. The first-order valence-electron chi connectivity index (χ1n) is 4.92. The van der Waals surface area contributed by atoms with Gasteiger partial charge in [0, 0.05) is 17.1 Å². The smallest absolute Gasteiger partial charge is 0.249 e. The van der Waals surface area contributed by atoms with Crippen molar-refractivity contribution in [3.8, 4) is 0 Å². The van der Waals surface area contributed by atoms with Gasteiger partial charge in [-0.15, -0.1) is 0 Å². The Hall–Kier alpha value is -1.90. The van der Waals surface area contributed by atoms with Crippen LogP contribution in [0.15, 0.2) is 36.5 Å². The van der Waals surface area contributed by atoms with Crippen LogP contribution in [0.2, 0.25) is 0 Å². The molecule has 78 valence electrons. The number of hydrogen-bond acceptors (Lipinski definition) is 2. The Bertz CT molecular complexity index is 461. The molecule has 0 radical (unpaired) electrons. The highest BCUT2D eigenvalue weighted by Gasteiger charge is 2.04. The minimum absolute atomic E-state index is 0.418. The number of fused-ring (bicyclic) bond motifs is 1. The van der Waals surface area contributed by atoms with Crippen molar-refractivity contribution in [1.29, 1.82) is 0 Å². The summed E-state index contributed by atoms with van der Waals surface area (Å²) in [6.45, 7) is 4.00. The Morgan fingerprint density at radius 1 is 1.20 bits per heavy atom. The minimum Gasteiger partial charge on any atom is -0.366 e. The van der Waals surface area contributed by atoms with Gasteiger partial charge in [-0.2, -0.15) is 0 Å². The van der Waals surface area contributed by atoms with Gasteiger partial charge in [0.15, 0.2) is 0 Å². The molecule has 1 heterocycles. The van der Waals surface area contributed by atoms with Gasteiger partial charge >= 0.3 is 0 Å². The zero-order chi connectivity index (χ0) is 11.3. The summed E-state index contributed by atoms with van der Waals surface area (Å²) < 4.78 is 0. The van der Waals surface area contributed by atoms with Crippen molar-refractivity contribution in [3.05, 3.63) is 42.1 Å². The molecule has 0 aliphatic carbocycles. The van der Waals surface area contributed by atoms with E-state index < -0.39 is 5.91 Å². The van der Waals surface area contributed by atoms with E-state index >= 15 is 0 Å². The van der Waals surface area contributed by atoms with Gasteiger partial charge in [0.25, 0.3) is 0 Å². The summed E-state index contributed by atoms with van der Waals surface area (Å²) in [6, 6.07) is 8.95. The number of rotatable bonds is 1. The van der Waals surface area contributed by atoms with Crippen LogP contribution in [-0.2, 0) is 0 Å². The minimum atomic E-state index is -0.418. The van der Waals surface area contributed by atoms with E-state index in [2.05, 4.69) is 4.98 Å². The number of aromatic nitrogens is 1. The molecule has 0 fully saturated rings. The molecule has 1 aromatic heterocycles. The van der Waals surface area contributed by atoms with Gasteiger partial charge < -0.3 is 5.73 Å². The third-order valence-electron chi connectivity index (χ3n) is 1.91. The highest BCUT2D eigenvalue weighted by atomic mass is 16.1. The van der Waals surface area contributed by atoms with Gasteiger partial charge in [0.05, 0.1) is 5.52 Å². The molecule has 15 heavy (non-hydrogen) atoms. The van der Waals surface area contributed by atoms with E-state index in [1.165, 1.54) is 0 Å². The van der Waals surface area contributed by atoms with Crippen LogP contribution in [0.5, 0.6) is 0 Å². The quantitative estimate of drug-likeness (QED) is 0.771. The number of benzene rings is 1. The number of carbonyl (C=O) groups is 1.